The van der Waals surface area contributed by atoms with E-state index in [9.17, 15) is 4.79 Å². The Morgan fingerprint density at radius 2 is 1.95 bits per heavy atom. The van der Waals surface area contributed by atoms with Crippen LogP contribution in [0.15, 0.2) is 33.5 Å². The predicted molar refractivity (Wildman–Crippen MR) is 79.7 cm³/mol. The summed E-state index contributed by atoms with van der Waals surface area (Å²) in [5.74, 6) is 0.399. The Hall–Kier alpha value is -1.49. The quantitative estimate of drug-likeness (QED) is 0.892. The molecule has 0 saturated heterocycles. The smallest absolute Gasteiger partial charge is 0.294 e. The van der Waals surface area contributed by atoms with Crippen LogP contribution in [0.1, 0.15) is 37.3 Å². The molecule has 3 rings (SSSR count). The molecule has 0 aliphatic heterocycles. The average Bonchev–Trinajstić information content (AvgIpc) is 3.02. The van der Waals surface area contributed by atoms with Crippen molar-refractivity contribution >= 4 is 21.6 Å². The number of nitrogens with zero attached hydrogens (tertiary/aromatic N) is 1. The highest BCUT2D eigenvalue weighted by Gasteiger charge is 2.24. The monoisotopic (exact) mass is 321 g/mol. The zero-order valence-electron chi connectivity index (χ0n) is 10.5. The van der Waals surface area contributed by atoms with Crippen molar-refractivity contribution in [1.82, 2.24) is 9.78 Å². The molecule has 0 amide bonds. The Balaban J connectivity index is 2.11. The number of nitrogens with one attached hydrogen (secondary N) is 1. The number of halogens is 1. The molecule has 4 nitrogen and oxygen atoms in total. The maximum absolute atomic E-state index is 12.3. The number of para-hydroxylation sites is 1. The fraction of sp³-hybridized carbons (Fsp3) is 0.357. The SMILES string of the molecule is Nc1c(C2CCCC2)[nH]n(-c2ccccc2Br)c1=O. The van der Waals surface area contributed by atoms with Gasteiger partial charge in [0.1, 0.15) is 5.69 Å². The molecule has 1 aliphatic rings. The van der Waals surface area contributed by atoms with E-state index in [1.54, 1.807) is 0 Å². The van der Waals surface area contributed by atoms with Crippen LogP contribution in [0.25, 0.3) is 5.69 Å². The van der Waals surface area contributed by atoms with Gasteiger partial charge in [-0.25, -0.2) is 4.68 Å². The van der Waals surface area contributed by atoms with Crippen LogP contribution in [0, 0.1) is 0 Å². The van der Waals surface area contributed by atoms with Gasteiger partial charge in [0.2, 0.25) is 0 Å². The summed E-state index contributed by atoms with van der Waals surface area (Å²) in [4.78, 5) is 12.3. The Bertz CT molecular complexity index is 653. The van der Waals surface area contributed by atoms with E-state index >= 15 is 0 Å². The van der Waals surface area contributed by atoms with E-state index in [4.69, 9.17) is 5.73 Å². The van der Waals surface area contributed by atoms with Gasteiger partial charge in [0, 0.05) is 10.4 Å². The largest absolute Gasteiger partial charge is 0.393 e. The number of hydrogen-bond donors (Lipinski definition) is 2. The van der Waals surface area contributed by atoms with Crippen LogP contribution in [0.4, 0.5) is 5.69 Å². The molecule has 0 atom stereocenters. The van der Waals surface area contributed by atoms with E-state index < -0.39 is 0 Å². The van der Waals surface area contributed by atoms with E-state index in [1.807, 2.05) is 24.3 Å². The molecule has 0 radical (unpaired) electrons. The Labute approximate surface area is 119 Å². The van der Waals surface area contributed by atoms with Crippen molar-refractivity contribution in [3.05, 3.63) is 44.8 Å². The topological polar surface area (TPSA) is 63.8 Å². The van der Waals surface area contributed by atoms with Crippen molar-refractivity contribution in [2.45, 2.75) is 31.6 Å². The summed E-state index contributed by atoms with van der Waals surface area (Å²) < 4.78 is 2.41. The lowest BCUT2D eigenvalue weighted by Gasteiger charge is -2.07. The summed E-state index contributed by atoms with van der Waals surface area (Å²) >= 11 is 3.46. The molecule has 1 aromatic heterocycles. The normalized spacial score (nSPS) is 16.1. The Kier molecular flexibility index (Phi) is 3.22. The first-order valence-electron chi connectivity index (χ1n) is 6.54. The lowest BCUT2D eigenvalue weighted by Crippen LogP contribution is -2.17. The second-order valence-electron chi connectivity index (χ2n) is 5.01. The molecule has 0 unspecified atom stereocenters. The molecule has 0 spiro atoms. The lowest BCUT2D eigenvalue weighted by molar-refractivity contribution is 0.678. The summed E-state index contributed by atoms with van der Waals surface area (Å²) in [7, 11) is 0. The predicted octanol–water partition coefficient (Wildman–Crippen LogP) is 3.17. The zero-order chi connectivity index (χ0) is 13.4. The first kappa shape index (κ1) is 12.5. The number of benzene rings is 1. The molecule has 2 aromatic rings. The van der Waals surface area contributed by atoms with Crippen molar-refractivity contribution in [3.63, 3.8) is 0 Å². The van der Waals surface area contributed by atoms with Gasteiger partial charge in [-0.05, 0) is 40.9 Å². The summed E-state index contributed by atoms with van der Waals surface area (Å²) in [6.45, 7) is 0. The minimum absolute atomic E-state index is 0.159. The number of nitrogens with two attached hydrogens (primary N) is 1. The van der Waals surface area contributed by atoms with Gasteiger partial charge >= 0.3 is 0 Å². The van der Waals surface area contributed by atoms with Crippen LogP contribution in [-0.4, -0.2) is 9.78 Å². The highest BCUT2D eigenvalue weighted by atomic mass is 79.9. The molecule has 1 heterocycles. The number of hydrogen-bond acceptors (Lipinski definition) is 2. The van der Waals surface area contributed by atoms with Gasteiger partial charge in [-0.15, -0.1) is 0 Å². The fourth-order valence-corrected chi connectivity index (χ4v) is 3.26. The molecule has 0 bridgehead atoms. The van der Waals surface area contributed by atoms with E-state index in [0.29, 0.717) is 11.6 Å². The third kappa shape index (κ3) is 2.12. The molecular formula is C14H16BrN3O. The van der Waals surface area contributed by atoms with Crippen LogP contribution in [0.2, 0.25) is 0 Å². The van der Waals surface area contributed by atoms with E-state index in [1.165, 1.54) is 17.5 Å². The number of aromatic nitrogens is 2. The van der Waals surface area contributed by atoms with Crippen LogP contribution in [0.5, 0.6) is 0 Å². The number of aromatic amines is 1. The zero-order valence-corrected chi connectivity index (χ0v) is 12.1. The van der Waals surface area contributed by atoms with Crippen LogP contribution in [-0.2, 0) is 0 Å². The van der Waals surface area contributed by atoms with Gasteiger partial charge in [-0.3, -0.25) is 9.89 Å². The van der Waals surface area contributed by atoms with Crippen molar-refractivity contribution in [3.8, 4) is 5.69 Å². The van der Waals surface area contributed by atoms with Gasteiger partial charge in [-0.2, -0.15) is 0 Å². The standard InChI is InChI=1S/C14H16BrN3O/c15-10-7-3-4-8-11(10)18-14(19)12(16)13(17-18)9-5-1-2-6-9/h3-4,7-9,17H,1-2,5-6,16H2. The number of rotatable bonds is 2. The first-order valence-corrected chi connectivity index (χ1v) is 7.33. The second kappa shape index (κ2) is 4.89. The van der Waals surface area contributed by atoms with Crippen LogP contribution in [0.3, 0.4) is 0 Å². The van der Waals surface area contributed by atoms with Crippen molar-refractivity contribution in [1.29, 1.82) is 0 Å². The van der Waals surface area contributed by atoms with E-state index in [-0.39, 0.29) is 5.56 Å². The minimum atomic E-state index is -0.159. The van der Waals surface area contributed by atoms with Crippen LogP contribution < -0.4 is 11.3 Å². The second-order valence-corrected chi connectivity index (χ2v) is 5.87. The molecule has 1 saturated carbocycles. The molecule has 1 aromatic carbocycles. The third-order valence-corrected chi connectivity index (χ3v) is 4.48. The van der Waals surface area contributed by atoms with Gasteiger partial charge in [0.15, 0.2) is 0 Å². The summed E-state index contributed by atoms with van der Waals surface area (Å²) in [6.07, 6.45) is 4.65. The highest BCUT2D eigenvalue weighted by molar-refractivity contribution is 9.10. The molecule has 1 fully saturated rings. The number of H-pyrrole nitrogens is 1. The lowest BCUT2D eigenvalue weighted by atomic mass is 10.0. The summed E-state index contributed by atoms with van der Waals surface area (Å²) in [5, 5.41) is 3.20. The van der Waals surface area contributed by atoms with Crippen LogP contribution >= 0.6 is 15.9 Å². The van der Waals surface area contributed by atoms with Gasteiger partial charge < -0.3 is 5.73 Å². The molecule has 3 N–H and O–H groups in total. The Morgan fingerprint density at radius 1 is 1.26 bits per heavy atom. The molecule has 100 valence electrons. The number of nitrogen functional groups attached to an aromatic ring is 1. The van der Waals surface area contributed by atoms with Crippen molar-refractivity contribution in [2.24, 2.45) is 0 Å². The van der Waals surface area contributed by atoms with Gasteiger partial charge in [0.25, 0.3) is 5.56 Å². The fourth-order valence-electron chi connectivity index (χ4n) is 2.80. The first-order chi connectivity index (χ1) is 9.18. The molecule has 5 heteroatoms. The Morgan fingerprint density at radius 3 is 2.63 bits per heavy atom. The van der Waals surface area contributed by atoms with E-state index in [2.05, 4.69) is 21.0 Å². The highest BCUT2D eigenvalue weighted by Crippen LogP contribution is 2.35. The maximum atomic E-state index is 12.3. The molecule has 1 aliphatic carbocycles. The van der Waals surface area contributed by atoms with Gasteiger partial charge in [-0.1, -0.05) is 25.0 Å². The van der Waals surface area contributed by atoms with E-state index in [0.717, 1.165) is 28.7 Å². The number of anilines is 1. The average molecular weight is 322 g/mol. The third-order valence-electron chi connectivity index (χ3n) is 3.81. The summed E-state index contributed by atoms with van der Waals surface area (Å²) in [6, 6.07) is 7.62. The van der Waals surface area contributed by atoms with Gasteiger partial charge in [0.05, 0.1) is 11.4 Å². The molecule has 19 heavy (non-hydrogen) atoms. The molecular weight excluding hydrogens is 306 g/mol. The minimum Gasteiger partial charge on any atom is -0.393 e. The maximum Gasteiger partial charge on any atom is 0.294 e. The summed E-state index contributed by atoms with van der Waals surface area (Å²) in [5.41, 5.74) is 7.89. The van der Waals surface area contributed by atoms with Crippen molar-refractivity contribution in [2.75, 3.05) is 5.73 Å². The van der Waals surface area contributed by atoms with Crippen molar-refractivity contribution < 1.29 is 0 Å².